The molecule has 1 amide bonds. The molecular weight excluding hydrogens is 364 g/mol. The van der Waals surface area contributed by atoms with E-state index in [1.165, 1.54) is 12.0 Å². The lowest BCUT2D eigenvalue weighted by atomic mass is 10.1. The summed E-state index contributed by atoms with van der Waals surface area (Å²) in [6.07, 6.45) is 2.97. The molecule has 3 aromatic rings. The molecule has 3 rings (SSSR count). The number of ether oxygens (including phenoxy) is 1. The summed E-state index contributed by atoms with van der Waals surface area (Å²) < 4.78 is 10.7. The number of oxazole rings is 1. The number of rotatable bonds is 7. The van der Waals surface area contributed by atoms with E-state index in [4.69, 9.17) is 20.8 Å². The SMILES string of the molecule is COc1ccc(-c2ocnc2C(=O)NCCCc2ccc(Cl)cc2)cc1C. The summed E-state index contributed by atoms with van der Waals surface area (Å²) in [7, 11) is 1.62. The number of carbonyl (C=O) groups excluding carboxylic acids is 1. The highest BCUT2D eigenvalue weighted by Gasteiger charge is 2.18. The molecule has 0 aliphatic heterocycles. The molecule has 0 bridgehead atoms. The van der Waals surface area contributed by atoms with E-state index in [9.17, 15) is 4.79 Å². The van der Waals surface area contributed by atoms with E-state index >= 15 is 0 Å². The number of nitrogens with zero attached hydrogens (tertiary/aromatic N) is 1. The molecule has 1 aromatic heterocycles. The Hall–Kier alpha value is -2.79. The molecular formula is C21H21ClN2O3. The first-order chi connectivity index (χ1) is 13.1. The maximum atomic E-state index is 12.5. The number of nitrogens with one attached hydrogen (secondary N) is 1. The molecule has 0 radical (unpaired) electrons. The van der Waals surface area contributed by atoms with Gasteiger partial charge in [0.2, 0.25) is 0 Å². The van der Waals surface area contributed by atoms with Gasteiger partial charge in [-0.25, -0.2) is 4.98 Å². The van der Waals surface area contributed by atoms with E-state index in [-0.39, 0.29) is 11.6 Å². The maximum absolute atomic E-state index is 12.5. The lowest BCUT2D eigenvalue weighted by molar-refractivity contribution is 0.0949. The average Bonchev–Trinajstić information content (AvgIpc) is 3.16. The molecule has 1 heterocycles. The van der Waals surface area contributed by atoms with Crippen LogP contribution in [0.5, 0.6) is 5.75 Å². The van der Waals surface area contributed by atoms with E-state index in [1.807, 2.05) is 49.4 Å². The van der Waals surface area contributed by atoms with Gasteiger partial charge in [0.05, 0.1) is 7.11 Å². The Kier molecular flexibility index (Phi) is 6.14. The first-order valence-corrected chi connectivity index (χ1v) is 9.07. The summed E-state index contributed by atoms with van der Waals surface area (Å²) in [4.78, 5) is 16.6. The van der Waals surface area contributed by atoms with Gasteiger partial charge >= 0.3 is 0 Å². The second-order valence-electron chi connectivity index (χ2n) is 6.20. The lowest BCUT2D eigenvalue weighted by Crippen LogP contribution is -2.25. The van der Waals surface area contributed by atoms with Crippen molar-refractivity contribution in [2.45, 2.75) is 19.8 Å². The van der Waals surface area contributed by atoms with Crippen LogP contribution in [0.1, 0.15) is 28.0 Å². The highest BCUT2D eigenvalue weighted by molar-refractivity contribution is 6.30. The van der Waals surface area contributed by atoms with Crippen LogP contribution in [-0.4, -0.2) is 24.5 Å². The third kappa shape index (κ3) is 4.68. The monoisotopic (exact) mass is 384 g/mol. The van der Waals surface area contributed by atoms with Crippen molar-refractivity contribution in [2.75, 3.05) is 13.7 Å². The number of benzene rings is 2. The summed E-state index contributed by atoms with van der Waals surface area (Å²) in [6, 6.07) is 13.3. The summed E-state index contributed by atoms with van der Waals surface area (Å²) in [6.45, 7) is 2.49. The van der Waals surface area contributed by atoms with Crippen molar-refractivity contribution in [1.29, 1.82) is 0 Å². The van der Waals surface area contributed by atoms with Crippen LogP contribution < -0.4 is 10.1 Å². The average molecular weight is 385 g/mol. The van der Waals surface area contributed by atoms with E-state index in [0.717, 1.165) is 34.7 Å². The zero-order valence-corrected chi connectivity index (χ0v) is 16.0. The maximum Gasteiger partial charge on any atom is 0.273 e. The first-order valence-electron chi connectivity index (χ1n) is 8.69. The molecule has 0 fully saturated rings. The molecule has 27 heavy (non-hydrogen) atoms. The topological polar surface area (TPSA) is 64.4 Å². The molecule has 0 aliphatic carbocycles. The van der Waals surface area contributed by atoms with Gasteiger partial charge in [-0.15, -0.1) is 0 Å². The largest absolute Gasteiger partial charge is 0.496 e. The Morgan fingerprint density at radius 2 is 2.00 bits per heavy atom. The van der Waals surface area contributed by atoms with Gasteiger partial charge in [-0.05, 0) is 61.2 Å². The Balaban J connectivity index is 1.60. The standard InChI is InChI=1S/C21H21ClN2O3/c1-14-12-16(7-10-18(14)26-2)20-19(24-13-27-20)21(25)23-11-3-4-15-5-8-17(22)9-6-15/h5-10,12-13H,3-4,11H2,1-2H3,(H,23,25). The van der Waals surface area contributed by atoms with Crippen LogP contribution in [0.4, 0.5) is 0 Å². The molecule has 0 unspecified atom stereocenters. The van der Waals surface area contributed by atoms with Gasteiger partial charge < -0.3 is 14.5 Å². The third-order valence-corrected chi connectivity index (χ3v) is 4.53. The Morgan fingerprint density at radius 3 is 2.70 bits per heavy atom. The molecule has 1 N–H and O–H groups in total. The van der Waals surface area contributed by atoms with Crippen LogP contribution in [0.3, 0.4) is 0 Å². The van der Waals surface area contributed by atoms with Crippen molar-refractivity contribution >= 4 is 17.5 Å². The second-order valence-corrected chi connectivity index (χ2v) is 6.64. The van der Waals surface area contributed by atoms with Crippen molar-refractivity contribution < 1.29 is 13.9 Å². The van der Waals surface area contributed by atoms with Gasteiger partial charge in [-0.2, -0.15) is 0 Å². The Morgan fingerprint density at radius 1 is 1.22 bits per heavy atom. The van der Waals surface area contributed by atoms with Crippen molar-refractivity contribution in [2.24, 2.45) is 0 Å². The van der Waals surface area contributed by atoms with Gasteiger partial charge in [0.25, 0.3) is 5.91 Å². The number of amides is 1. The fourth-order valence-electron chi connectivity index (χ4n) is 2.86. The highest BCUT2D eigenvalue weighted by atomic mass is 35.5. The normalized spacial score (nSPS) is 10.6. The molecule has 2 aromatic carbocycles. The number of hydrogen-bond donors (Lipinski definition) is 1. The second kappa shape index (κ2) is 8.73. The van der Waals surface area contributed by atoms with E-state index < -0.39 is 0 Å². The fraction of sp³-hybridized carbons (Fsp3) is 0.238. The predicted octanol–water partition coefficient (Wildman–Crippen LogP) is 4.67. The minimum absolute atomic E-state index is 0.247. The number of aromatic nitrogens is 1. The molecule has 6 heteroatoms. The summed E-state index contributed by atoms with van der Waals surface area (Å²) in [5, 5.41) is 3.62. The predicted molar refractivity (Wildman–Crippen MR) is 105 cm³/mol. The zero-order chi connectivity index (χ0) is 19.2. The number of hydrogen-bond acceptors (Lipinski definition) is 4. The molecule has 0 spiro atoms. The smallest absolute Gasteiger partial charge is 0.273 e. The number of carbonyl (C=O) groups is 1. The number of aryl methyl sites for hydroxylation is 2. The summed E-state index contributed by atoms with van der Waals surface area (Å²) in [5.41, 5.74) is 3.22. The Bertz CT molecular complexity index is 919. The van der Waals surface area contributed by atoms with Crippen molar-refractivity contribution in [3.8, 4) is 17.1 Å². The lowest BCUT2D eigenvalue weighted by Gasteiger charge is -2.07. The molecule has 0 saturated heterocycles. The highest BCUT2D eigenvalue weighted by Crippen LogP contribution is 2.28. The minimum Gasteiger partial charge on any atom is -0.496 e. The third-order valence-electron chi connectivity index (χ3n) is 4.28. The van der Waals surface area contributed by atoms with Crippen LogP contribution >= 0.6 is 11.6 Å². The van der Waals surface area contributed by atoms with Crippen LogP contribution in [-0.2, 0) is 6.42 Å². The van der Waals surface area contributed by atoms with Crippen molar-refractivity contribution in [3.63, 3.8) is 0 Å². The molecule has 0 atom stereocenters. The molecule has 0 saturated carbocycles. The van der Waals surface area contributed by atoms with Crippen LogP contribution in [0, 0.1) is 6.92 Å². The molecule has 140 valence electrons. The van der Waals surface area contributed by atoms with Gasteiger partial charge in [0, 0.05) is 17.1 Å². The number of halogens is 1. The van der Waals surface area contributed by atoms with Crippen LogP contribution in [0.2, 0.25) is 5.02 Å². The quantitative estimate of drug-likeness (QED) is 0.601. The minimum atomic E-state index is -0.247. The van der Waals surface area contributed by atoms with Crippen molar-refractivity contribution in [3.05, 3.63) is 70.7 Å². The van der Waals surface area contributed by atoms with E-state index in [1.54, 1.807) is 7.11 Å². The van der Waals surface area contributed by atoms with Gasteiger partial charge in [0.15, 0.2) is 17.8 Å². The van der Waals surface area contributed by atoms with E-state index in [2.05, 4.69) is 10.3 Å². The van der Waals surface area contributed by atoms with Crippen molar-refractivity contribution in [1.82, 2.24) is 10.3 Å². The van der Waals surface area contributed by atoms with Crippen LogP contribution in [0.15, 0.2) is 53.3 Å². The fourth-order valence-corrected chi connectivity index (χ4v) is 2.99. The van der Waals surface area contributed by atoms with Crippen LogP contribution in [0.25, 0.3) is 11.3 Å². The molecule has 0 aliphatic rings. The first kappa shape index (κ1) is 19.0. The zero-order valence-electron chi connectivity index (χ0n) is 15.3. The number of methoxy groups -OCH3 is 1. The molecule has 5 nitrogen and oxygen atoms in total. The van der Waals surface area contributed by atoms with Gasteiger partial charge in [-0.1, -0.05) is 23.7 Å². The van der Waals surface area contributed by atoms with Gasteiger partial charge in [0.1, 0.15) is 5.75 Å². The van der Waals surface area contributed by atoms with Gasteiger partial charge in [-0.3, -0.25) is 4.79 Å². The van der Waals surface area contributed by atoms with E-state index in [0.29, 0.717) is 12.3 Å². The summed E-state index contributed by atoms with van der Waals surface area (Å²) in [5.74, 6) is 0.991. The Labute approximate surface area is 163 Å². The summed E-state index contributed by atoms with van der Waals surface area (Å²) >= 11 is 5.88.